The first kappa shape index (κ1) is 33.0. The Morgan fingerprint density at radius 3 is 2.30 bits per heavy atom. The van der Waals surface area contributed by atoms with Crippen molar-refractivity contribution in [2.24, 2.45) is 0 Å². The normalized spacial score (nSPS) is 15.9. The summed E-state index contributed by atoms with van der Waals surface area (Å²) in [6, 6.07) is 23.1. The van der Waals surface area contributed by atoms with Crippen LogP contribution in [0.5, 0.6) is 5.75 Å². The van der Waals surface area contributed by atoms with E-state index in [9.17, 15) is 14.7 Å². The van der Waals surface area contributed by atoms with Gasteiger partial charge in [0.1, 0.15) is 23.0 Å². The third-order valence-electron chi connectivity index (χ3n) is 7.20. The van der Waals surface area contributed by atoms with Crippen molar-refractivity contribution in [3.8, 4) is 16.9 Å². The SMILES string of the molecule is CC(C)Oc1cc(-c2ccc(CCN(C[C@H](OC3CCCCO3)c3ccccc3)C(=O)OC(C)(C)C)cc2)ccc1C(=O)O. The molecule has 1 aliphatic heterocycles. The lowest BCUT2D eigenvalue weighted by molar-refractivity contribution is -0.192. The quantitative estimate of drug-likeness (QED) is 0.225. The highest BCUT2D eigenvalue weighted by molar-refractivity contribution is 5.92. The molecule has 44 heavy (non-hydrogen) atoms. The van der Waals surface area contributed by atoms with Gasteiger partial charge in [-0.15, -0.1) is 0 Å². The number of carboxylic acids is 1. The zero-order valence-corrected chi connectivity index (χ0v) is 26.5. The highest BCUT2D eigenvalue weighted by atomic mass is 16.7. The summed E-state index contributed by atoms with van der Waals surface area (Å²) in [6.45, 7) is 10.8. The first-order valence-electron chi connectivity index (χ1n) is 15.4. The number of amides is 1. The maximum atomic E-state index is 13.4. The fourth-order valence-corrected chi connectivity index (χ4v) is 5.04. The molecule has 1 N–H and O–H groups in total. The summed E-state index contributed by atoms with van der Waals surface area (Å²) in [5.41, 5.74) is 3.33. The number of nitrogens with zero attached hydrogens (tertiary/aromatic N) is 1. The Morgan fingerprint density at radius 2 is 1.68 bits per heavy atom. The van der Waals surface area contributed by atoms with Crippen LogP contribution in [0.15, 0.2) is 72.8 Å². The van der Waals surface area contributed by atoms with E-state index in [-0.39, 0.29) is 30.2 Å². The molecule has 8 heteroatoms. The number of carboxylic acid groups (broad SMARTS) is 1. The Labute approximate surface area is 260 Å². The summed E-state index contributed by atoms with van der Waals surface area (Å²) >= 11 is 0. The van der Waals surface area contributed by atoms with E-state index in [2.05, 4.69) is 0 Å². The highest BCUT2D eigenvalue weighted by Crippen LogP contribution is 2.29. The number of aromatic carboxylic acids is 1. The average Bonchev–Trinajstić information content (AvgIpc) is 2.98. The van der Waals surface area contributed by atoms with E-state index >= 15 is 0 Å². The molecule has 236 valence electrons. The molecule has 0 aromatic heterocycles. The molecule has 0 bridgehead atoms. The Bertz CT molecular complexity index is 1360. The second kappa shape index (κ2) is 15.2. The number of carbonyl (C=O) groups is 2. The fourth-order valence-electron chi connectivity index (χ4n) is 5.04. The van der Waals surface area contributed by atoms with Crippen molar-refractivity contribution in [2.45, 2.75) is 84.4 Å². The molecule has 0 spiro atoms. The van der Waals surface area contributed by atoms with Crippen LogP contribution in [0.2, 0.25) is 0 Å². The van der Waals surface area contributed by atoms with E-state index in [0.29, 0.717) is 31.9 Å². The molecule has 1 unspecified atom stereocenters. The third-order valence-corrected chi connectivity index (χ3v) is 7.20. The molecular formula is C36H45NO7. The highest BCUT2D eigenvalue weighted by Gasteiger charge is 2.28. The van der Waals surface area contributed by atoms with E-state index in [4.69, 9.17) is 18.9 Å². The number of hydrogen-bond acceptors (Lipinski definition) is 6. The van der Waals surface area contributed by atoms with E-state index in [1.807, 2.05) is 89.2 Å². The fraction of sp³-hybridized carbons (Fsp3) is 0.444. The van der Waals surface area contributed by atoms with Crippen LogP contribution in [0.4, 0.5) is 4.79 Å². The van der Waals surface area contributed by atoms with Crippen molar-refractivity contribution in [3.63, 3.8) is 0 Å². The van der Waals surface area contributed by atoms with Gasteiger partial charge in [-0.2, -0.15) is 0 Å². The summed E-state index contributed by atoms with van der Waals surface area (Å²) in [4.78, 5) is 26.8. The molecule has 1 saturated heterocycles. The molecule has 1 fully saturated rings. The number of hydrogen-bond donors (Lipinski definition) is 1. The van der Waals surface area contributed by atoms with Gasteiger partial charge in [-0.05, 0) is 94.7 Å². The van der Waals surface area contributed by atoms with Gasteiger partial charge in [0.25, 0.3) is 0 Å². The van der Waals surface area contributed by atoms with Gasteiger partial charge < -0.3 is 29.0 Å². The molecular weight excluding hydrogens is 558 g/mol. The lowest BCUT2D eigenvalue weighted by atomic mass is 10.0. The van der Waals surface area contributed by atoms with E-state index < -0.39 is 11.6 Å². The first-order valence-corrected chi connectivity index (χ1v) is 15.4. The standard InChI is InChI=1S/C36H45NO7/c1-25(2)42-31-23-29(18-19-30(31)34(38)39)27-16-14-26(15-17-27)20-21-37(35(40)44-36(3,4)5)24-32(28-11-7-6-8-12-28)43-33-13-9-10-22-41-33/h6-8,11-12,14-19,23,25,32-33H,9-10,13,20-22,24H2,1-5H3,(H,38,39)/t32-,33?/m0/s1. The average molecular weight is 604 g/mol. The minimum atomic E-state index is -1.02. The van der Waals surface area contributed by atoms with Gasteiger partial charge in [-0.3, -0.25) is 0 Å². The van der Waals surface area contributed by atoms with Gasteiger partial charge in [0.2, 0.25) is 0 Å². The van der Waals surface area contributed by atoms with Gasteiger partial charge in [-0.25, -0.2) is 9.59 Å². The summed E-state index contributed by atoms with van der Waals surface area (Å²) < 4.78 is 23.9. The smallest absolute Gasteiger partial charge is 0.410 e. The maximum Gasteiger partial charge on any atom is 0.410 e. The Balaban J connectivity index is 1.51. The van der Waals surface area contributed by atoms with Crippen LogP contribution in [-0.2, 0) is 20.6 Å². The number of carbonyl (C=O) groups excluding carboxylic acids is 1. The molecule has 0 radical (unpaired) electrons. The van der Waals surface area contributed by atoms with Crippen molar-refractivity contribution in [3.05, 3.63) is 89.5 Å². The molecule has 1 heterocycles. The Morgan fingerprint density at radius 1 is 0.977 bits per heavy atom. The van der Waals surface area contributed by atoms with Crippen LogP contribution >= 0.6 is 0 Å². The van der Waals surface area contributed by atoms with E-state index in [1.165, 1.54) is 0 Å². The van der Waals surface area contributed by atoms with Gasteiger partial charge in [0.15, 0.2) is 6.29 Å². The van der Waals surface area contributed by atoms with Crippen molar-refractivity contribution >= 4 is 12.1 Å². The van der Waals surface area contributed by atoms with Crippen LogP contribution in [0.25, 0.3) is 11.1 Å². The first-order chi connectivity index (χ1) is 21.0. The van der Waals surface area contributed by atoms with Crippen LogP contribution < -0.4 is 4.74 Å². The number of rotatable bonds is 12. The van der Waals surface area contributed by atoms with Gasteiger partial charge >= 0.3 is 12.1 Å². The Kier molecular flexibility index (Phi) is 11.4. The number of ether oxygens (including phenoxy) is 4. The second-order valence-corrected chi connectivity index (χ2v) is 12.4. The minimum Gasteiger partial charge on any atom is -0.490 e. The van der Waals surface area contributed by atoms with Gasteiger partial charge in [-0.1, -0.05) is 60.7 Å². The zero-order chi connectivity index (χ0) is 31.7. The zero-order valence-electron chi connectivity index (χ0n) is 26.5. The largest absolute Gasteiger partial charge is 0.490 e. The third kappa shape index (κ3) is 9.82. The molecule has 0 aliphatic carbocycles. The van der Waals surface area contributed by atoms with Crippen LogP contribution in [0, 0.1) is 0 Å². The van der Waals surface area contributed by atoms with Crippen molar-refractivity contribution < 1.29 is 33.6 Å². The molecule has 1 amide bonds. The molecule has 3 aromatic carbocycles. The summed E-state index contributed by atoms with van der Waals surface area (Å²) in [5.74, 6) is -0.681. The van der Waals surface area contributed by atoms with Crippen LogP contribution in [-0.4, -0.2) is 59.8 Å². The number of benzene rings is 3. The predicted molar refractivity (Wildman–Crippen MR) is 170 cm³/mol. The van der Waals surface area contributed by atoms with Crippen molar-refractivity contribution in [1.82, 2.24) is 4.90 Å². The lowest BCUT2D eigenvalue weighted by Gasteiger charge is -2.33. The monoisotopic (exact) mass is 603 g/mol. The molecule has 3 aromatic rings. The van der Waals surface area contributed by atoms with Gasteiger partial charge in [0.05, 0.1) is 12.6 Å². The topological polar surface area (TPSA) is 94.5 Å². The maximum absolute atomic E-state index is 13.4. The van der Waals surface area contributed by atoms with E-state index in [1.54, 1.807) is 23.1 Å². The minimum absolute atomic E-state index is 0.133. The van der Waals surface area contributed by atoms with Gasteiger partial charge in [0, 0.05) is 13.2 Å². The summed E-state index contributed by atoms with van der Waals surface area (Å²) in [5, 5.41) is 9.55. The van der Waals surface area contributed by atoms with Crippen molar-refractivity contribution in [2.75, 3.05) is 19.7 Å². The molecule has 4 rings (SSSR count). The lowest BCUT2D eigenvalue weighted by Crippen LogP contribution is -2.41. The summed E-state index contributed by atoms with van der Waals surface area (Å²) in [7, 11) is 0. The molecule has 0 saturated carbocycles. The Hall–Kier alpha value is -3.88. The van der Waals surface area contributed by atoms with Crippen LogP contribution in [0.3, 0.4) is 0 Å². The van der Waals surface area contributed by atoms with Crippen LogP contribution in [0.1, 0.15) is 81.5 Å². The predicted octanol–water partition coefficient (Wildman–Crippen LogP) is 7.90. The van der Waals surface area contributed by atoms with E-state index in [0.717, 1.165) is 41.5 Å². The molecule has 2 atom stereocenters. The summed E-state index contributed by atoms with van der Waals surface area (Å²) in [6.07, 6.45) is 2.29. The molecule has 8 nitrogen and oxygen atoms in total. The second-order valence-electron chi connectivity index (χ2n) is 12.4. The molecule has 1 aliphatic rings. The van der Waals surface area contributed by atoms with Crippen molar-refractivity contribution in [1.29, 1.82) is 0 Å².